The van der Waals surface area contributed by atoms with Gasteiger partial charge >= 0.3 is 0 Å². The predicted octanol–water partition coefficient (Wildman–Crippen LogP) is 4.63. The van der Waals surface area contributed by atoms with Crippen molar-refractivity contribution in [3.63, 3.8) is 0 Å². The zero-order valence-electron chi connectivity index (χ0n) is 16.9. The maximum Gasteiger partial charge on any atom is 0.236 e. The summed E-state index contributed by atoms with van der Waals surface area (Å²) >= 11 is 0. The average Bonchev–Trinajstić information content (AvgIpc) is 3.25. The highest BCUT2D eigenvalue weighted by Crippen LogP contribution is 2.31. The molecule has 0 fully saturated rings. The number of aromatic nitrogens is 2. The van der Waals surface area contributed by atoms with Gasteiger partial charge < -0.3 is 19.9 Å². The number of nitrogens with zero attached hydrogens (tertiary/aromatic N) is 2. The smallest absolute Gasteiger partial charge is 0.236 e. The van der Waals surface area contributed by atoms with Crippen molar-refractivity contribution in [3.8, 4) is 11.5 Å². The molecule has 0 unspecified atom stereocenters. The van der Waals surface area contributed by atoms with Crippen LogP contribution in [0, 0.1) is 11.6 Å². The molecule has 4 rings (SSSR count). The third kappa shape index (κ3) is 4.56. The highest BCUT2D eigenvalue weighted by molar-refractivity contribution is 6.08. The van der Waals surface area contributed by atoms with Gasteiger partial charge in [0.1, 0.15) is 23.6 Å². The Morgan fingerprint density at radius 2 is 1.84 bits per heavy atom. The van der Waals surface area contributed by atoms with E-state index in [9.17, 15) is 18.4 Å². The Morgan fingerprint density at radius 1 is 1.06 bits per heavy atom. The average molecular weight is 436 g/mol. The number of carbonyl (C=O) groups excluding carboxylic acids is 2. The van der Waals surface area contributed by atoms with Crippen molar-refractivity contribution < 1.29 is 23.1 Å². The highest BCUT2D eigenvalue weighted by Gasteiger charge is 2.17. The van der Waals surface area contributed by atoms with Gasteiger partial charge in [-0.15, -0.1) is 0 Å². The number of rotatable bonds is 6. The van der Waals surface area contributed by atoms with E-state index in [0.717, 1.165) is 6.07 Å². The number of aromatic amines is 1. The first-order valence-corrected chi connectivity index (χ1v) is 9.62. The van der Waals surface area contributed by atoms with Gasteiger partial charge in [0.15, 0.2) is 11.6 Å². The largest absolute Gasteiger partial charge is 0.453 e. The Balaban J connectivity index is 1.39. The first kappa shape index (κ1) is 21.0. The fourth-order valence-electron chi connectivity index (χ4n) is 3.07. The minimum absolute atomic E-state index is 0.0242. The van der Waals surface area contributed by atoms with Crippen LogP contribution in [0.2, 0.25) is 0 Å². The van der Waals surface area contributed by atoms with Crippen LogP contribution in [-0.2, 0) is 9.59 Å². The molecule has 2 aromatic heterocycles. The first-order valence-electron chi connectivity index (χ1n) is 9.62. The molecule has 2 N–H and O–H groups in total. The van der Waals surface area contributed by atoms with Gasteiger partial charge in [0.2, 0.25) is 11.8 Å². The number of benzene rings is 2. The second-order valence-electron chi connectivity index (χ2n) is 6.95. The lowest BCUT2D eigenvalue weighted by Crippen LogP contribution is -2.30. The zero-order chi connectivity index (χ0) is 22.7. The SMILES string of the molecule is CN(C(=O)CC(=O)Nc1ccc(Oc2ccnc3[nH]ccc23)c(F)c1)c1ccc(F)cc1. The van der Waals surface area contributed by atoms with Crippen molar-refractivity contribution in [1.29, 1.82) is 0 Å². The summed E-state index contributed by atoms with van der Waals surface area (Å²) in [6.07, 6.45) is 2.78. The summed E-state index contributed by atoms with van der Waals surface area (Å²) < 4.78 is 33.2. The summed E-state index contributed by atoms with van der Waals surface area (Å²) in [5.41, 5.74) is 1.24. The fourth-order valence-corrected chi connectivity index (χ4v) is 3.07. The number of carbonyl (C=O) groups is 2. The van der Waals surface area contributed by atoms with Gasteiger partial charge in [-0.25, -0.2) is 13.8 Å². The van der Waals surface area contributed by atoms with Gasteiger partial charge in [0.25, 0.3) is 0 Å². The number of halogens is 2. The van der Waals surface area contributed by atoms with E-state index in [4.69, 9.17) is 4.74 Å². The van der Waals surface area contributed by atoms with Crippen molar-refractivity contribution in [2.45, 2.75) is 6.42 Å². The molecule has 0 bridgehead atoms. The molecule has 162 valence electrons. The van der Waals surface area contributed by atoms with Crippen LogP contribution in [0.1, 0.15) is 6.42 Å². The molecule has 4 aromatic rings. The van der Waals surface area contributed by atoms with E-state index in [1.165, 1.54) is 48.3 Å². The first-order chi connectivity index (χ1) is 15.4. The number of fused-ring (bicyclic) bond motifs is 1. The number of nitrogens with one attached hydrogen (secondary N) is 2. The molecule has 9 heteroatoms. The normalized spacial score (nSPS) is 10.7. The van der Waals surface area contributed by atoms with Crippen molar-refractivity contribution in [2.75, 3.05) is 17.3 Å². The molecule has 0 saturated heterocycles. The van der Waals surface area contributed by atoms with E-state index in [0.29, 0.717) is 22.5 Å². The van der Waals surface area contributed by atoms with Gasteiger partial charge in [-0.1, -0.05) is 0 Å². The van der Waals surface area contributed by atoms with E-state index in [2.05, 4.69) is 15.3 Å². The quantitative estimate of drug-likeness (QED) is 0.432. The number of ether oxygens (including phenoxy) is 1. The molecule has 0 atom stereocenters. The topological polar surface area (TPSA) is 87.3 Å². The molecule has 0 radical (unpaired) electrons. The molecule has 0 saturated carbocycles. The Bertz CT molecular complexity index is 1290. The summed E-state index contributed by atoms with van der Waals surface area (Å²) in [4.78, 5) is 32.9. The lowest BCUT2D eigenvalue weighted by molar-refractivity contribution is -0.125. The van der Waals surface area contributed by atoms with E-state index in [-0.39, 0.29) is 11.4 Å². The van der Waals surface area contributed by atoms with Crippen LogP contribution < -0.4 is 15.0 Å². The summed E-state index contributed by atoms with van der Waals surface area (Å²) in [5.74, 6) is -1.81. The number of H-pyrrole nitrogens is 1. The predicted molar refractivity (Wildman–Crippen MR) is 116 cm³/mol. The summed E-state index contributed by atoms with van der Waals surface area (Å²) in [5, 5.41) is 3.19. The van der Waals surface area contributed by atoms with Crippen molar-refractivity contribution in [3.05, 3.63) is 78.6 Å². The Morgan fingerprint density at radius 3 is 2.59 bits per heavy atom. The van der Waals surface area contributed by atoms with Crippen LogP contribution in [0.15, 0.2) is 67.0 Å². The third-order valence-corrected chi connectivity index (χ3v) is 4.76. The Labute approximate surface area is 181 Å². The van der Waals surface area contributed by atoms with Crippen molar-refractivity contribution >= 4 is 34.2 Å². The standard InChI is InChI=1S/C23H18F2N4O3/c1-29(16-5-2-14(24)3-6-16)22(31)13-21(30)28-15-4-7-20(18(25)12-15)32-19-9-11-27-23-17(19)8-10-26-23/h2-12H,13H2,1H3,(H,26,27)(H,28,30). The van der Waals surface area contributed by atoms with Crippen LogP contribution >= 0.6 is 0 Å². The fraction of sp³-hybridized carbons (Fsp3) is 0.0870. The van der Waals surface area contributed by atoms with Crippen LogP contribution in [-0.4, -0.2) is 28.8 Å². The van der Waals surface area contributed by atoms with Gasteiger partial charge in [-0.05, 0) is 48.5 Å². The number of amides is 2. The lowest BCUT2D eigenvalue weighted by atomic mass is 10.2. The summed E-state index contributed by atoms with van der Waals surface area (Å²) in [6.45, 7) is 0. The molecule has 0 spiro atoms. The van der Waals surface area contributed by atoms with Crippen molar-refractivity contribution in [2.24, 2.45) is 0 Å². The molecule has 0 aliphatic carbocycles. The Kier molecular flexibility index (Phi) is 5.80. The van der Waals surface area contributed by atoms with E-state index >= 15 is 0 Å². The van der Waals surface area contributed by atoms with Crippen LogP contribution in [0.25, 0.3) is 11.0 Å². The molecule has 2 heterocycles. The number of hydrogen-bond acceptors (Lipinski definition) is 4. The van der Waals surface area contributed by atoms with Crippen molar-refractivity contribution in [1.82, 2.24) is 9.97 Å². The number of pyridine rings is 1. The van der Waals surface area contributed by atoms with Gasteiger partial charge in [0.05, 0.1) is 5.39 Å². The summed E-state index contributed by atoms with van der Waals surface area (Å²) in [6, 6.07) is 12.7. The van der Waals surface area contributed by atoms with Crippen LogP contribution in [0.5, 0.6) is 11.5 Å². The monoisotopic (exact) mass is 436 g/mol. The maximum atomic E-state index is 14.6. The highest BCUT2D eigenvalue weighted by atomic mass is 19.1. The minimum atomic E-state index is -0.682. The lowest BCUT2D eigenvalue weighted by Gasteiger charge is -2.17. The third-order valence-electron chi connectivity index (χ3n) is 4.76. The van der Waals surface area contributed by atoms with Gasteiger partial charge in [-0.3, -0.25) is 9.59 Å². The molecule has 2 amide bonds. The molecule has 7 nitrogen and oxygen atoms in total. The molecule has 32 heavy (non-hydrogen) atoms. The zero-order valence-corrected chi connectivity index (χ0v) is 16.9. The molecular formula is C23H18F2N4O3. The van der Waals surface area contributed by atoms with E-state index < -0.39 is 29.9 Å². The van der Waals surface area contributed by atoms with Gasteiger partial charge in [0, 0.05) is 36.9 Å². The van der Waals surface area contributed by atoms with E-state index in [1.807, 2.05) is 0 Å². The van der Waals surface area contributed by atoms with E-state index in [1.54, 1.807) is 24.5 Å². The van der Waals surface area contributed by atoms with Gasteiger partial charge in [-0.2, -0.15) is 0 Å². The molecule has 0 aliphatic heterocycles. The molecule has 0 aliphatic rings. The second kappa shape index (κ2) is 8.84. The molecule has 2 aromatic carbocycles. The maximum absolute atomic E-state index is 14.6. The van der Waals surface area contributed by atoms with Crippen LogP contribution in [0.4, 0.5) is 20.2 Å². The number of hydrogen-bond donors (Lipinski definition) is 2. The summed E-state index contributed by atoms with van der Waals surface area (Å²) in [7, 11) is 1.48. The minimum Gasteiger partial charge on any atom is -0.453 e. The molecular weight excluding hydrogens is 418 g/mol. The van der Waals surface area contributed by atoms with Crippen LogP contribution in [0.3, 0.4) is 0 Å². The Hall–Kier alpha value is -4.27. The second-order valence-corrected chi connectivity index (χ2v) is 6.95. The number of anilines is 2.